The second-order valence-electron chi connectivity index (χ2n) is 6.87. The topological polar surface area (TPSA) is 94.8 Å². The van der Waals surface area contributed by atoms with Gasteiger partial charge in [0.15, 0.2) is 23.0 Å². The number of rotatable bonds is 6. The minimum Gasteiger partial charge on any atom is -0.493 e. The highest BCUT2D eigenvalue weighted by Crippen LogP contribution is 2.34. The van der Waals surface area contributed by atoms with E-state index in [1.165, 1.54) is 43.5 Å². The Labute approximate surface area is 188 Å². The van der Waals surface area contributed by atoms with Crippen molar-refractivity contribution >= 4 is 17.8 Å². The van der Waals surface area contributed by atoms with Gasteiger partial charge in [0, 0.05) is 5.56 Å². The van der Waals surface area contributed by atoms with E-state index in [0.717, 1.165) is 12.1 Å². The summed E-state index contributed by atoms with van der Waals surface area (Å²) in [5, 5.41) is 9.54. The molecule has 3 aromatic rings. The van der Waals surface area contributed by atoms with Gasteiger partial charge in [-0.3, -0.25) is 4.79 Å². The fourth-order valence-electron chi connectivity index (χ4n) is 3.11. The molecule has 0 bridgehead atoms. The normalized spacial score (nSPS) is 12.1. The highest BCUT2D eigenvalue weighted by atomic mass is 19.1. The van der Waals surface area contributed by atoms with Crippen LogP contribution in [0.5, 0.6) is 23.0 Å². The van der Waals surface area contributed by atoms with Crippen LogP contribution in [0.25, 0.3) is 6.08 Å². The van der Waals surface area contributed by atoms with Gasteiger partial charge in [0.05, 0.1) is 12.7 Å². The van der Waals surface area contributed by atoms with Gasteiger partial charge in [-0.05, 0) is 66.2 Å². The number of allylic oxidation sites excluding steroid dienone is 1. The third-order valence-electron chi connectivity index (χ3n) is 4.78. The zero-order valence-electron chi connectivity index (χ0n) is 17.3. The average molecular weight is 445 g/mol. The van der Waals surface area contributed by atoms with E-state index in [4.69, 9.17) is 18.9 Å². The van der Waals surface area contributed by atoms with Crippen LogP contribution in [0.1, 0.15) is 26.3 Å². The summed E-state index contributed by atoms with van der Waals surface area (Å²) >= 11 is 0. The lowest BCUT2D eigenvalue weighted by molar-refractivity contribution is 0.0729. The first-order valence-electron chi connectivity index (χ1n) is 9.70. The summed E-state index contributed by atoms with van der Waals surface area (Å²) in [6.07, 6.45) is 1.40. The third-order valence-corrected chi connectivity index (χ3v) is 4.78. The minimum atomic E-state index is -0.688. The maximum atomic E-state index is 13.1. The Morgan fingerprint density at radius 1 is 0.970 bits per heavy atom. The number of methoxy groups -OCH3 is 1. The van der Waals surface area contributed by atoms with Crippen LogP contribution >= 0.6 is 0 Å². The Hall–Kier alpha value is -4.64. The van der Waals surface area contributed by atoms with Crippen LogP contribution in [0.4, 0.5) is 4.39 Å². The molecule has 0 aliphatic carbocycles. The molecule has 0 saturated heterocycles. The Morgan fingerprint density at radius 3 is 2.42 bits per heavy atom. The lowest BCUT2D eigenvalue weighted by Crippen LogP contribution is -2.09. The smallest absolute Gasteiger partial charge is 0.343 e. The number of ether oxygens (including phenoxy) is 4. The number of hydrogen-bond donors (Lipinski definition) is 0. The number of hydrogen-bond acceptors (Lipinski definition) is 7. The number of benzene rings is 3. The number of nitrogens with zero attached hydrogens (tertiary/aromatic N) is 1. The first-order valence-corrected chi connectivity index (χ1v) is 9.70. The Bertz CT molecular complexity index is 1310. The third kappa shape index (κ3) is 4.67. The van der Waals surface area contributed by atoms with Gasteiger partial charge >= 0.3 is 5.97 Å². The fraction of sp³-hybridized carbons (Fsp3) is 0.0800. The molecule has 1 heterocycles. The van der Waals surface area contributed by atoms with Crippen molar-refractivity contribution in [1.29, 1.82) is 5.26 Å². The molecule has 7 nitrogen and oxygen atoms in total. The van der Waals surface area contributed by atoms with Crippen molar-refractivity contribution in [3.05, 3.63) is 88.7 Å². The molecule has 0 amide bonds. The number of Topliss-reactive ketones (excluding diaryl/α,β-unsaturated/α-hetero) is 1. The lowest BCUT2D eigenvalue weighted by Gasteiger charge is -2.10. The minimum absolute atomic E-state index is 0.0752. The lowest BCUT2D eigenvalue weighted by atomic mass is 10.0. The first kappa shape index (κ1) is 21.6. The maximum Gasteiger partial charge on any atom is 0.343 e. The van der Waals surface area contributed by atoms with E-state index in [-0.39, 0.29) is 35.0 Å². The molecule has 164 valence electrons. The van der Waals surface area contributed by atoms with Crippen molar-refractivity contribution in [2.45, 2.75) is 0 Å². The molecule has 3 aromatic carbocycles. The molecule has 0 spiro atoms. The first-order chi connectivity index (χ1) is 16.0. The summed E-state index contributed by atoms with van der Waals surface area (Å²) in [6.45, 7) is 0.0752. The van der Waals surface area contributed by atoms with Crippen LogP contribution < -0.4 is 18.9 Å². The average Bonchev–Trinajstić information content (AvgIpc) is 3.31. The number of ketones is 1. The molecule has 0 atom stereocenters. The van der Waals surface area contributed by atoms with E-state index in [1.807, 2.05) is 6.07 Å². The fourth-order valence-corrected chi connectivity index (χ4v) is 3.11. The van der Waals surface area contributed by atoms with E-state index >= 15 is 0 Å². The highest BCUT2D eigenvalue weighted by Gasteiger charge is 2.19. The SMILES string of the molecule is COc1cc(C=C(C#N)C(=O)c2ccc3c(c2)OCO3)ccc1OC(=O)c1ccc(F)cc1. The van der Waals surface area contributed by atoms with Gasteiger partial charge in [-0.25, -0.2) is 9.18 Å². The van der Waals surface area contributed by atoms with Gasteiger partial charge in [0.25, 0.3) is 0 Å². The van der Waals surface area contributed by atoms with Crippen LogP contribution in [-0.2, 0) is 0 Å². The van der Waals surface area contributed by atoms with Gasteiger partial charge in [0.1, 0.15) is 17.5 Å². The van der Waals surface area contributed by atoms with E-state index < -0.39 is 17.6 Å². The second-order valence-corrected chi connectivity index (χ2v) is 6.87. The van der Waals surface area contributed by atoms with Crippen molar-refractivity contribution < 1.29 is 32.9 Å². The Morgan fingerprint density at radius 2 is 1.70 bits per heavy atom. The van der Waals surface area contributed by atoms with E-state index in [2.05, 4.69) is 0 Å². The van der Waals surface area contributed by atoms with Crippen molar-refractivity contribution in [2.75, 3.05) is 13.9 Å². The van der Waals surface area contributed by atoms with Crippen molar-refractivity contribution in [2.24, 2.45) is 0 Å². The number of carbonyl (C=O) groups excluding carboxylic acids is 2. The molecule has 33 heavy (non-hydrogen) atoms. The van der Waals surface area contributed by atoms with Crippen LogP contribution in [0.3, 0.4) is 0 Å². The molecule has 0 radical (unpaired) electrons. The van der Waals surface area contributed by atoms with Crippen molar-refractivity contribution in [3.8, 4) is 29.1 Å². The maximum absolute atomic E-state index is 13.1. The molecule has 8 heteroatoms. The molecule has 0 unspecified atom stereocenters. The van der Waals surface area contributed by atoms with Crippen LogP contribution in [-0.4, -0.2) is 25.7 Å². The molecule has 0 fully saturated rings. The number of carbonyl (C=O) groups is 2. The summed E-state index contributed by atoms with van der Waals surface area (Å²) in [4.78, 5) is 25.1. The molecular weight excluding hydrogens is 429 g/mol. The van der Waals surface area contributed by atoms with Gasteiger partial charge in [-0.1, -0.05) is 6.07 Å². The summed E-state index contributed by atoms with van der Waals surface area (Å²) in [5.41, 5.74) is 0.832. The van der Waals surface area contributed by atoms with Crippen LogP contribution in [0.2, 0.25) is 0 Å². The predicted molar refractivity (Wildman–Crippen MR) is 115 cm³/mol. The molecule has 4 rings (SSSR count). The Balaban J connectivity index is 1.56. The van der Waals surface area contributed by atoms with Gasteiger partial charge in [-0.2, -0.15) is 5.26 Å². The number of fused-ring (bicyclic) bond motifs is 1. The zero-order valence-corrected chi connectivity index (χ0v) is 17.3. The number of halogens is 1. The van der Waals surface area contributed by atoms with Gasteiger partial charge in [0.2, 0.25) is 12.6 Å². The largest absolute Gasteiger partial charge is 0.493 e. The standard InChI is InChI=1S/C25H16FNO6/c1-30-22-11-15(2-8-21(22)33-25(29)16-3-6-19(26)7-4-16)10-18(13-27)24(28)17-5-9-20-23(12-17)32-14-31-20/h2-12H,14H2,1H3. The van der Waals surface area contributed by atoms with Crippen molar-refractivity contribution in [1.82, 2.24) is 0 Å². The molecule has 1 aliphatic rings. The van der Waals surface area contributed by atoms with Crippen molar-refractivity contribution in [3.63, 3.8) is 0 Å². The molecule has 0 N–H and O–H groups in total. The molecular formula is C25H16FNO6. The number of nitriles is 1. The summed E-state index contributed by atoms with van der Waals surface area (Å²) < 4.78 is 34.2. The second kappa shape index (κ2) is 9.24. The van der Waals surface area contributed by atoms with E-state index in [0.29, 0.717) is 17.1 Å². The monoisotopic (exact) mass is 445 g/mol. The quantitative estimate of drug-likeness (QED) is 0.180. The summed E-state index contributed by atoms with van der Waals surface area (Å²) in [7, 11) is 1.39. The summed E-state index contributed by atoms with van der Waals surface area (Å²) in [6, 6.07) is 16.1. The zero-order chi connectivity index (χ0) is 23.4. The van der Waals surface area contributed by atoms with Gasteiger partial charge in [-0.15, -0.1) is 0 Å². The molecule has 0 aromatic heterocycles. The van der Waals surface area contributed by atoms with E-state index in [1.54, 1.807) is 18.2 Å². The summed E-state index contributed by atoms with van der Waals surface area (Å²) in [5.74, 6) is -0.328. The highest BCUT2D eigenvalue weighted by molar-refractivity contribution is 6.14. The van der Waals surface area contributed by atoms with Gasteiger partial charge < -0.3 is 18.9 Å². The molecule has 0 saturated carbocycles. The van der Waals surface area contributed by atoms with E-state index in [9.17, 15) is 19.2 Å². The predicted octanol–water partition coefficient (Wildman–Crippen LogP) is 4.57. The number of esters is 1. The molecule has 1 aliphatic heterocycles. The van der Waals surface area contributed by atoms with Crippen LogP contribution in [0.15, 0.2) is 66.2 Å². The Kier molecular flexibility index (Phi) is 6.04. The van der Waals surface area contributed by atoms with Crippen LogP contribution in [0, 0.1) is 17.1 Å².